The van der Waals surface area contributed by atoms with Crippen LogP contribution >= 0.6 is 46.1 Å². The van der Waals surface area contributed by atoms with Crippen molar-refractivity contribution in [2.75, 3.05) is 0 Å². The van der Waals surface area contributed by atoms with Crippen molar-refractivity contribution in [2.24, 2.45) is 0 Å². The fourth-order valence-corrected chi connectivity index (χ4v) is 4.67. The minimum atomic E-state index is -0.365. The lowest BCUT2D eigenvalue weighted by molar-refractivity contribution is 0.0948. The minimum absolute atomic E-state index is 0.0329. The van der Waals surface area contributed by atoms with Gasteiger partial charge in [-0.05, 0) is 53.2 Å². The SMILES string of the molecule is CCc1cc(C(=O)c2ccccc2Cl)c(-n2nnnc2CNC(=O)c2ccc(Cl)c(Cl)c2)s1. The number of rotatable bonds is 7. The largest absolute Gasteiger partial charge is 0.345 e. The van der Waals surface area contributed by atoms with Crippen molar-refractivity contribution < 1.29 is 9.59 Å². The molecule has 0 saturated heterocycles. The molecule has 4 rings (SSSR count). The molecular formula is C22H16Cl3N5O2S. The van der Waals surface area contributed by atoms with Gasteiger partial charge in [-0.25, -0.2) is 0 Å². The van der Waals surface area contributed by atoms with Gasteiger partial charge in [0.25, 0.3) is 5.91 Å². The van der Waals surface area contributed by atoms with Gasteiger partial charge in [0.05, 0.1) is 27.2 Å². The Bertz CT molecular complexity index is 1350. The summed E-state index contributed by atoms with van der Waals surface area (Å²) < 4.78 is 1.46. The number of tetrazole rings is 1. The summed E-state index contributed by atoms with van der Waals surface area (Å²) in [5.41, 5.74) is 1.18. The first-order valence-electron chi connectivity index (χ1n) is 9.81. The average molecular weight is 521 g/mol. The molecule has 1 amide bonds. The van der Waals surface area contributed by atoms with Crippen molar-refractivity contribution in [1.82, 2.24) is 25.5 Å². The highest BCUT2D eigenvalue weighted by Gasteiger charge is 2.23. The minimum Gasteiger partial charge on any atom is -0.345 e. The number of aryl methyl sites for hydroxylation is 1. The number of halogens is 3. The Kier molecular flexibility index (Phi) is 7.09. The second-order valence-electron chi connectivity index (χ2n) is 6.91. The number of nitrogens with one attached hydrogen (secondary N) is 1. The van der Waals surface area contributed by atoms with Crippen LogP contribution in [0.3, 0.4) is 0 Å². The van der Waals surface area contributed by atoms with Gasteiger partial charge in [0.15, 0.2) is 11.6 Å². The molecule has 33 heavy (non-hydrogen) atoms. The van der Waals surface area contributed by atoms with Crippen molar-refractivity contribution in [3.63, 3.8) is 0 Å². The number of carbonyl (C=O) groups is 2. The van der Waals surface area contributed by atoms with Gasteiger partial charge in [0.1, 0.15) is 5.00 Å². The Morgan fingerprint density at radius 2 is 1.79 bits per heavy atom. The third-order valence-electron chi connectivity index (χ3n) is 4.79. The van der Waals surface area contributed by atoms with E-state index < -0.39 is 0 Å². The lowest BCUT2D eigenvalue weighted by Gasteiger charge is -2.08. The van der Waals surface area contributed by atoms with Crippen LogP contribution in [0, 0.1) is 0 Å². The van der Waals surface area contributed by atoms with Crippen molar-refractivity contribution in [1.29, 1.82) is 0 Å². The van der Waals surface area contributed by atoms with Crippen LogP contribution in [0.15, 0.2) is 48.5 Å². The molecule has 2 aromatic carbocycles. The van der Waals surface area contributed by atoms with Crippen LogP contribution in [0.5, 0.6) is 0 Å². The number of aromatic nitrogens is 4. The summed E-state index contributed by atoms with van der Waals surface area (Å²) in [6.45, 7) is 2.03. The molecule has 168 valence electrons. The number of amides is 1. The topological polar surface area (TPSA) is 89.8 Å². The maximum atomic E-state index is 13.3. The van der Waals surface area contributed by atoms with E-state index in [4.69, 9.17) is 34.8 Å². The molecule has 2 heterocycles. The summed E-state index contributed by atoms with van der Waals surface area (Å²) in [5.74, 6) is -0.232. The molecule has 7 nitrogen and oxygen atoms in total. The second kappa shape index (κ2) is 10.0. The van der Waals surface area contributed by atoms with Crippen LogP contribution in [0.1, 0.15) is 43.9 Å². The molecule has 11 heteroatoms. The molecule has 0 aliphatic heterocycles. The molecule has 1 N–H and O–H groups in total. The Labute approximate surface area is 208 Å². The third kappa shape index (κ3) is 4.94. The number of hydrogen-bond acceptors (Lipinski definition) is 6. The van der Waals surface area contributed by atoms with Crippen molar-refractivity contribution >= 4 is 57.8 Å². The summed E-state index contributed by atoms with van der Waals surface area (Å²) in [6.07, 6.45) is 0.735. The number of hydrogen-bond donors (Lipinski definition) is 1. The van der Waals surface area contributed by atoms with E-state index in [0.29, 0.717) is 37.6 Å². The first-order valence-corrected chi connectivity index (χ1v) is 11.8. The number of carbonyl (C=O) groups excluding carboxylic acids is 2. The smallest absolute Gasteiger partial charge is 0.251 e. The highest BCUT2D eigenvalue weighted by molar-refractivity contribution is 7.15. The third-order valence-corrected chi connectivity index (χ3v) is 7.11. The molecule has 0 spiro atoms. The molecule has 0 atom stereocenters. The van der Waals surface area contributed by atoms with E-state index in [-0.39, 0.29) is 23.3 Å². The van der Waals surface area contributed by atoms with Crippen LogP contribution in [0.4, 0.5) is 0 Å². The zero-order valence-corrected chi connectivity index (χ0v) is 20.3. The van der Waals surface area contributed by atoms with Crippen molar-refractivity contribution in [3.05, 3.63) is 91.0 Å². The standard InChI is InChI=1S/C22H16Cl3N5O2S/c1-2-13-10-15(20(31)14-5-3-4-6-16(14)23)22(33-13)30-19(27-28-29-30)11-26-21(32)12-7-8-17(24)18(25)9-12/h3-10H,2,11H2,1H3,(H,26,32). The maximum Gasteiger partial charge on any atom is 0.251 e. The average Bonchev–Trinajstić information content (AvgIpc) is 3.45. The van der Waals surface area contributed by atoms with Gasteiger partial charge < -0.3 is 5.32 Å². The van der Waals surface area contributed by atoms with Crippen molar-refractivity contribution in [3.8, 4) is 5.00 Å². The summed E-state index contributed by atoms with van der Waals surface area (Å²) in [4.78, 5) is 26.8. The van der Waals surface area contributed by atoms with Gasteiger partial charge in [-0.3, -0.25) is 9.59 Å². The zero-order valence-electron chi connectivity index (χ0n) is 17.2. The molecule has 0 fully saturated rings. The van der Waals surface area contributed by atoms with Crippen LogP contribution in [-0.4, -0.2) is 31.9 Å². The van der Waals surface area contributed by atoms with Crippen LogP contribution in [-0.2, 0) is 13.0 Å². The molecule has 0 unspecified atom stereocenters. The predicted molar refractivity (Wildman–Crippen MR) is 129 cm³/mol. The van der Waals surface area contributed by atoms with Crippen LogP contribution < -0.4 is 5.32 Å². The summed E-state index contributed by atoms with van der Waals surface area (Å²) in [5, 5.41) is 16.2. The van der Waals surface area contributed by atoms with E-state index in [0.717, 1.165) is 11.3 Å². The molecule has 0 aliphatic rings. The van der Waals surface area contributed by atoms with Gasteiger partial charge >= 0.3 is 0 Å². The Hall–Kier alpha value is -2.78. The molecule has 0 radical (unpaired) electrons. The molecule has 0 bridgehead atoms. The highest BCUT2D eigenvalue weighted by atomic mass is 35.5. The lowest BCUT2D eigenvalue weighted by atomic mass is 10.0. The van der Waals surface area contributed by atoms with Gasteiger partial charge in [0.2, 0.25) is 0 Å². The number of nitrogens with zero attached hydrogens (tertiary/aromatic N) is 4. The number of ketones is 1. The molecular weight excluding hydrogens is 505 g/mol. The van der Waals surface area contributed by atoms with Gasteiger partial charge in [0, 0.05) is 16.0 Å². The number of benzene rings is 2. The Morgan fingerprint density at radius 3 is 2.52 bits per heavy atom. The van der Waals surface area contributed by atoms with E-state index in [1.807, 2.05) is 13.0 Å². The summed E-state index contributed by atoms with van der Waals surface area (Å²) in [7, 11) is 0. The first kappa shape index (κ1) is 23.4. The summed E-state index contributed by atoms with van der Waals surface area (Å²) in [6, 6.07) is 13.3. The zero-order chi connectivity index (χ0) is 23.5. The quantitative estimate of drug-likeness (QED) is 0.329. The van der Waals surface area contributed by atoms with E-state index in [9.17, 15) is 9.59 Å². The van der Waals surface area contributed by atoms with Gasteiger partial charge in [-0.2, -0.15) is 4.68 Å². The number of thiophene rings is 1. The van der Waals surface area contributed by atoms with Crippen molar-refractivity contribution in [2.45, 2.75) is 19.9 Å². The van der Waals surface area contributed by atoms with Gasteiger partial charge in [-0.1, -0.05) is 53.9 Å². The maximum absolute atomic E-state index is 13.3. The fourth-order valence-electron chi connectivity index (χ4n) is 3.09. The Balaban J connectivity index is 1.62. The summed E-state index contributed by atoms with van der Waals surface area (Å²) >= 11 is 19.6. The monoisotopic (exact) mass is 519 g/mol. The molecule has 0 saturated carbocycles. The highest BCUT2D eigenvalue weighted by Crippen LogP contribution is 2.31. The van der Waals surface area contributed by atoms with Crippen LogP contribution in [0.2, 0.25) is 15.1 Å². The van der Waals surface area contributed by atoms with E-state index in [1.54, 1.807) is 36.4 Å². The van der Waals surface area contributed by atoms with E-state index in [1.165, 1.54) is 22.1 Å². The van der Waals surface area contributed by atoms with E-state index >= 15 is 0 Å². The fraction of sp³-hybridized carbons (Fsp3) is 0.136. The molecule has 2 aromatic heterocycles. The normalized spacial score (nSPS) is 10.9. The second-order valence-corrected chi connectivity index (χ2v) is 9.25. The lowest BCUT2D eigenvalue weighted by Crippen LogP contribution is -2.24. The molecule has 0 aliphatic carbocycles. The first-order chi connectivity index (χ1) is 15.9. The van der Waals surface area contributed by atoms with Gasteiger partial charge in [-0.15, -0.1) is 16.4 Å². The van der Waals surface area contributed by atoms with Crippen LogP contribution in [0.25, 0.3) is 5.00 Å². The molecule has 4 aromatic rings. The Morgan fingerprint density at radius 1 is 1.00 bits per heavy atom. The van der Waals surface area contributed by atoms with E-state index in [2.05, 4.69) is 20.8 Å². The predicted octanol–water partition coefficient (Wildman–Crippen LogP) is 5.41.